The minimum absolute atomic E-state index is 0.315. The van der Waals surface area contributed by atoms with Crippen molar-refractivity contribution in [3.05, 3.63) is 29.8 Å². The Morgan fingerprint density at radius 1 is 1.40 bits per heavy atom. The Balaban J connectivity index is 1.53. The van der Waals surface area contributed by atoms with Crippen LogP contribution >= 0.6 is 0 Å². The topological polar surface area (TPSA) is 50.7 Å². The minimum atomic E-state index is -0.485. The summed E-state index contributed by atoms with van der Waals surface area (Å²) in [4.78, 5) is 0. The first kappa shape index (κ1) is 15.3. The Morgan fingerprint density at radius 2 is 2.20 bits per heavy atom. The van der Waals surface area contributed by atoms with E-state index in [1.807, 2.05) is 31.2 Å². The van der Waals surface area contributed by atoms with E-state index in [9.17, 15) is 5.11 Å². The second kappa shape index (κ2) is 8.25. The molecule has 2 rings (SSSR count). The SMILES string of the molecule is Cc1ccc(OCC(O)CNCCC2CCCO2)cc1. The summed E-state index contributed by atoms with van der Waals surface area (Å²) in [7, 11) is 0. The average Bonchev–Trinajstić information content (AvgIpc) is 2.96. The normalized spacial score (nSPS) is 20.0. The van der Waals surface area contributed by atoms with Crippen molar-refractivity contribution in [1.82, 2.24) is 5.32 Å². The van der Waals surface area contributed by atoms with Crippen LogP contribution in [0.25, 0.3) is 0 Å². The summed E-state index contributed by atoms with van der Waals surface area (Å²) in [6, 6.07) is 7.85. The number of aliphatic hydroxyl groups is 1. The van der Waals surface area contributed by atoms with Gasteiger partial charge in [-0.1, -0.05) is 17.7 Å². The molecule has 0 aromatic heterocycles. The molecule has 2 N–H and O–H groups in total. The third kappa shape index (κ3) is 5.49. The van der Waals surface area contributed by atoms with Crippen LogP contribution < -0.4 is 10.1 Å². The van der Waals surface area contributed by atoms with Gasteiger partial charge in [-0.3, -0.25) is 0 Å². The molecular formula is C16H25NO3. The van der Waals surface area contributed by atoms with Gasteiger partial charge in [-0.2, -0.15) is 0 Å². The number of aryl methyl sites for hydroxylation is 1. The molecule has 1 heterocycles. The van der Waals surface area contributed by atoms with E-state index in [2.05, 4.69) is 5.32 Å². The molecule has 1 aromatic rings. The highest BCUT2D eigenvalue weighted by atomic mass is 16.5. The Labute approximate surface area is 121 Å². The van der Waals surface area contributed by atoms with Crippen LogP contribution in [0.1, 0.15) is 24.8 Å². The zero-order valence-electron chi connectivity index (χ0n) is 12.2. The van der Waals surface area contributed by atoms with E-state index in [1.165, 1.54) is 18.4 Å². The van der Waals surface area contributed by atoms with Crippen molar-refractivity contribution >= 4 is 0 Å². The molecule has 0 amide bonds. The summed E-state index contributed by atoms with van der Waals surface area (Å²) >= 11 is 0. The quantitative estimate of drug-likeness (QED) is 0.714. The Bertz CT molecular complexity index is 374. The van der Waals surface area contributed by atoms with E-state index >= 15 is 0 Å². The zero-order valence-corrected chi connectivity index (χ0v) is 12.2. The molecule has 0 bridgehead atoms. The molecule has 20 heavy (non-hydrogen) atoms. The van der Waals surface area contributed by atoms with Crippen molar-refractivity contribution < 1.29 is 14.6 Å². The summed E-state index contributed by atoms with van der Waals surface area (Å²) < 4.78 is 11.1. The highest BCUT2D eigenvalue weighted by molar-refractivity contribution is 5.26. The van der Waals surface area contributed by atoms with Crippen molar-refractivity contribution in [3.63, 3.8) is 0 Å². The van der Waals surface area contributed by atoms with Gasteiger partial charge in [0.1, 0.15) is 18.5 Å². The number of hydrogen-bond donors (Lipinski definition) is 2. The van der Waals surface area contributed by atoms with E-state index in [4.69, 9.17) is 9.47 Å². The van der Waals surface area contributed by atoms with Gasteiger partial charge < -0.3 is 19.9 Å². The summed E-state index contributed by atoms with van der Waals surface area (Å²) in [5.41, 5.74) is 1.20. The number of ether oxygens (including phenoxy) is 2. The summed E-state index contributed by atoms with van der Waals surface area (Å²) in [5, 5.41) is 13.1. The predicted octanol–water partition coefficient (Wildman–Crippen LogP) is 1.89. The maximum Gasteiger partial charge on any atom is 0.119 e. The summed E-state index contributed by atoms with van der Waals surface area (Å²) in [6.07, 6.45) is 3.29. The maximum atomic E-state index is 9.84. The third-order valence-corrected chi connectivity index (χ3v) is 3.51. The molecular weight excluding hydrogens is 254 g/mol. The van der Waals surface area contributed by atoms with Gasteiger partial charge >= 0.3 is 0 Å². The molecule has 4 heteroatoms. The van der Waals surface area contributed by atoms with Gasteiger partial charge in [0.25, 0.3) is 0 Å². The third-order valence-electron chi connectivity index (χ3n) is 3.51. The van der Waals surface area contributed by atoms with Crippen LogP contribution in [-0.4, -0.2) is 43.6 Å². The van der Waals surface area contributed by atoms with Gasteiger partial charge in [0, 0.05) is 13.2 Å². The fourth-order valence-corrected chi connectivity index (χ4v) is 2.29. The van der Waals surface area contributed by atoms with E-state index in [-0.39, 0.29) is 0 Å². The number of hydrogen-bond acceptors (Lipinski definition) is 4. The zero-order chi connectivity index (χ0) is 14.2. The molecule has 0 spiro atoms. The molecule has 4 nitrogen and oxygen atoms in total. The fourth-order valence-electron chi connectivity index (χ4n) is 2.29. The first-order valence-electron chi connectivity index (χ1n) is 7.44. The summed E-state index contributed by atoms with van der Waals surface area (Å²) in [6.45, 7) is 4.69. The largest absolute Gasteiger partial charge is 0.491 e. The van der Waals surface area contributed by atoms with Crippen LogP contribution in [0.2, 0.25) is 0 Å². The van der Waals surface area contributed by atoms with Crippen molar-refractivity contribution in [3.8, 4) is 5.75 Å². The fraction of sp³-hybridized carbons (Fsp3) is 0.625. The van der Waals surface area contributed by atoms with Crippen molar-refractivity contribution in [2.75, 3.05) is 26.3 Å². The number of nitrogens with one attached hydrogen (secondary N) is 1. The van der Waals surface area contributed by atoms with E-state index in [0.29, 0.717) is 19.3 Å². The lowest BCUT2D eigenvalue weighted by Crippen LogP contribution is -2.33. The molecule has 2 unspecified atom stereocenters. The van der Waals surface area contributed by atoms with E-state index in [0.717, 1.165) is 25.3 Å². The second-order valence-electron chi connectivity index (χ2n) is 5.41. The maximum absolute atomic E-state index is 9.84. The molecule has 1 fully saturated rings. The lowest BCUT2D eigenvalue weighted by Gasteiger charge is -2.14. The standard InChI is InChI=1S/C16H25NO3/c1-13-4-6-16(7-5-13)20-12-14(18)11-17-9-8-15-3-2-10-19-15/h4-7,14-15,17-18H,2-3,8-12H2,1H3. The van der Waals surface area contributed by atoms with Crippen LogP contribution in [0.5, 0.6) is 5.75 Å². The molecule has 0 saturated carbocycles. The van der Waals surface area contributed by atoms with Crippen molar-refractivity contribution in [2.24, 2.45) is 0 Å². The first-order chi connectivity index (χ1) is 9.74. The molecule has 1 aliphatic heterocycles. The Hall–Kier alpha value is -1.10. The van der Waals surface area contributed by atoms with Crippen LogP contribution in [0, 0.1) is 6.92 Å². The van der Waals surface area contributed by atoms with Crippen molar-refractivity contribution in [2.45, 2.75) is 38.4 Å². The number of rotatable bonds is 8. The van der Waals surface area contributed by atoms with Crippen LogP contribution in [-0.2, 0) is 4.74 Å². The first-order valence-corrected chi connectivity index (χ1v) is 7.44. The molecule has 1 aliphatic rings. The number of aliphatic hydroxyl groups excluding tert-OH is 1. The van der Waals surface area contributed by atoms with Crippen LogP contribution in [0.3, 0.4) is 0 Å². The molecule has 0 radical (unpaired) electrons. The highest BCUT2D eigenvalue weighted by Gasteiger charge is 2.14. The highest BCUT2D eigenvalue weighted by Crippen LogP contribution is 2.14. The smallest absolute Gasteiger partial charge is 0.119 e. The molecule has 2 atom stereocenters. The van der Waals surface area contributed by atoms with Crippen LogP contribution in [0.4, 0.5) is 0 Å². The Kier molecular flexibility index (Phi) is 6.30. The summed E-state index contributed by atoms with van der Waals surface area (Å²) in [5.74, 6) is 0.800. The lowest BCUT2D eigenvalue weighted by atomic mass is 10.2. The van der Waals surface area contributed by atoms with Crippen LogP contribution in [0.15, 0.2) is 24.3 Å². The molecule has 112 valence electrons. The lowest BCUT2D eigenvalue weighted by molar-refractivity contribution is 0.0942. The van der Waals surface area contributed by atoms with Gasteiger partial charge in [-0.05, 0) is 44.9 Å². The monoisotopic (exact) mass is 279 g/mol. The van der Waals surface area contributed by atoms with Gasteiger partial charge in [0.05, 0.1) is 6.10 Å². The van der Waals surface area contributed by atoms with E-state index < -0.39 is 6.10 Å². The minimum Gasteiger partial charge on any atom is -0.491 e. The Morgan fingerprint density at radius 3 is 2.90 bits per heavy atom. The molecule has 1 saturated heterocycles. The molecule has 1 aromatic carbocycles. The van der Waals surface area contributed by atoms with Gasteiger partial charge in [0.15, 0.2) is 0 Å². The van der Waals surface area contributed by atoms with E-state index in [1.54, 1.807) is 0 Å². The van der Waals surface area contributed by atoms with Gasteiger partial charge in [-0.15, -0.1) is 0 Å². The predicted molar refractivity (Wildman–Crippen MR) is 79.1 cm³/mol. The van der Waals surface area contributed by atoms with Gasteiger partial charge in [0.2, 0.25) is 0 Å². The number of benzene rings is 1. The van der Waals surface area contributed by atoms with Crippen molar-refractivity contribution in [1.29, 1.82) is 0 Å². The van der Waals surface area contributed by atoms with Gasteiger partial charge in [-0.25, -0.2) is 0 Å². The average molecular weight is 279 g/mol. The molecule has 0 aliphatic carbocycles. The second-order valence-corrected chi connectivity index (χ2v) is 5.41.